The van der Waals surface area contributed by atoms with Gasteiger partial charge in [0.2, 0.25) is 0 Å². The Bertz CT molecular complexity index is 936. The van der Waals surface area contributed by atoms with Crippen molar-refractivity contribution in [2.45, 2.75) is 34.2 Å². The van der Waals surface area contributed by atoms with Crippen LogP contribution in [0, 0.1) is 31.3 Å². The molecule has 0 aliphatic heterocycles. The van der Waals surface area contributed by atoms with Gasteiger partial charge in [-0.25, -0.2) is 0 Å². The van der Waals surface area contributed by atoms with E-state index in [0.29, 0.717) is 12.1 Å². The van der Waals surface area contributed by atoms with E-state index in [-0.39, 0.29) is 5.91 Å². The number of benzene rings is 3. The largest absolute Gasteiger partial charge is 0.303 e. The van der Waals surface area contributed by atoms with Gasteiger partial charge in [0.25, 0.3) is 5.91 Å². The number of carbonyl (C=O) groups excluding carboxylic acids is 1. The Morgan fingerprint density at radius 2 is 1.30 bits per heavy atom. The minimum absolute atomic E-state index is 0.0307. The predicted molar refractivity (Wildman–Crippen MR) is 122 cm³/mol. The summed E-state index contributed by atoms with van der Waals surface area (Å²) >= 11 is 2.39. The van der Waals surface area contributed by atoms with Crippen molar-refractivity contribution in [1.82, 2.24) is 0 Å². The molecule has 138 valence electrons. The van der Waals surface area contributed by atoms with E-state index in [1.54, 1.807) is 0 Å². The molecule has 0 fully saturated rings. The van der Waals surface area contributed by atoms with Crippen LogP contribution in [0.1, 0.15) is 38.2 Å². The summed E-state index contributed by atoms with van der Waals surface area (Å²) in [5.41, 5.74) is 7.81. The van der Waals surface area contributed by atoms with E-state index in [4.69, 9.17) is 0 Å². The fourth-order valence-corrected chi connectivity index (χ4v) is 4.42. The molecule has 0 bridgehead atoms. The lowest BCUT2D eigenvalue weighted by atomic mass is 9.96. The molecule has 0 aromatic heterocycles. The number of nitrogens with zero attached hydrogens (tertiary/aromatic N) is 1. The Hall–Kier alpha value is -2.14. The molecule has 0 aliphatic carbocycles. The first-order valence-corrected chi connectivity index (χ1v) is 10.2. The Morgan fingerprint density at radius 1 is 0.778 bits per heavy atom. The topological polar surface area (TPSA) is 20.3 Å². The molecule has 0 saturated carbocycles. The molecule has 0 unspecified atom stereocenters. The SMILES string of the molecule is Cc1c(C)c(C)c(N(Cc2ccccc2)C(=O)c2ccccc2)c(I)c1C. The van der Waals surface area contributed by atoms with E-state index in [1.807, 2.05) is 53.4 Å². The predicted octanol–water partition coefficient (Wildman–Crippen LogP) is 6.37. The van der Waals surface area contributed by atoms with E-state index in [1.165, 1.54) is 22.3 Å². The molecule has 0 heterocycles. The molecule has 3 aromatic carbocycles. The summed E-state index contributed by atoms with van der Waals surface area (Å²) < 4.78 is 1.15. The summed E-state index contributed by atoms with van der Waals surface area (Å²) in [6.07, 6.45) is 0. The normalized spacial score (nSPS) is 10.7. The average molecular weight is 469 g/mol. The molecule has 3 heteroatoms. The standard InChI is InChI=1S/C24H24INO/c1-16-17(2)19(4)23(22(25)18(16)3)26(15-20-11-7-5-8-12-20)24(27)21-13-9-6-10-14-21/h5-14H,15H2,1-4H3. The summed E-state index contributed by atoms with van der Waals surface area (Å²) in [6, 6.07) is 19.7. The third-order valence-corrected chi connectivity index (χ3v) is 6.62. The Kier molecular flexibility index (Phi) is 6.00. The fraction of sp³-hybridized carbons (Fsp3) is 0.208. The van der Waals surface area contributed by atoms with Crippen molar-refractivity contribution in [2.75, 3.05) is 4.90 Å². The third-order valence-electron chi connectivity index (χ3n) is 5.30. The average Bonchev–Trinajstić information content (AvgIpc) is 2.71. The molecule has 2 nitrogen and oxygen atoms in total. The van der Waals surface area contributed by atoms with Crippen LogP contribution in [-0.4, -0.2) is 5.91 Å². The summed E-state index contributed by atoms with van der Waals surface area (Å²) in [5.74, 6) is 0.0307. The highest BCUT2D eigenvalue weighted by molar-refractivity contribution is 14.1. The van der Waals surface area contributed by atoms with Crippen LogP contribution in [0.5, 0.6) is 0 Å². The van der Waals surface area contributed by atoms with Crippen LogP contribution >= 0.6 is 22.6 Å². The Balaban J connectivity index is 2.18. The van der Waals surface area contributed by atoms with Crippen molar-refractivity contribution < 1.29 is 4.79 Å². The third kappa shape index (κ3) is 3.93. The second kappa shape index (κ2) is 8.26. The number of rotatable bonds is 4. The van der Waals surface area contributed by atoms with Gasteiger partial charge >= 0.3 is 0 Å². The zero-order valence-corrected chi connectivity index (χ0v) is 18.4. The van der Waals surface area contributed by atoms with Crippen LogP contribution in [0.25, 0.3) is 0 Å². The lowest BCUT2D eigenvalue weighted by Gasteiger charge is -2.29. The number of hydrogen-bond donors (Lipinski definition) is 0. The molecule has 0 N–H and O–H groups in total. The summed E-state index contributed by atoms with van der Waals surface area (Å²) in [6.45, 7) is 9.11. The van der Waals surface area contributed by atoms with Crippen LogP contribution in [-0.2, 0) is 6.54 Å². The van der Waals surface area contributed by atoms with Gasteiger partial charge in [0.1, 0.15) is 0 Å². The van der Waals surface area contributed by atoms with Crippen molar-refractivity contribution in [1.29, 1.82) is 0 Å². The minimum atomic E-state index is 0.0307. The molecule has 3 rings (SSSR count). The number of carbonyl (C=O) groups is 1. The van der Waals surface area contributed by atoms with Gasteiger partial charge in [-0.1, -0.05) is 48.5 Å². The maximum atomic E-state index is 13.5. The number of amides is 1. The van der Waals surface area contributed by atoms with Crippen molar-refractivity contribution in [3.05, 3.63) is 97.6 Å². The quantitative estimate of drug-likeness (QED) is 0.407. The maximum Gasteiger partial charge on any atom is 0.258 e. The summed E-state index contributed by atoms with van der Waals surface area (Å²) in [5, 5.41) is 0. The van der Waals surface area contributed by atoms with Gasteiger partial charge in [-0.15, -0.1) is 0 Å². The van der Waals surface area contributed by atoms with Crippen LogP contribution in [0.15, 0.2) is 60.7 Å². The van der Waals surface area contributed by atoms with Gasteiger partial charge in [0.05, 0.1) is 12.2 Å². The van der Waals surface area contributed by atoms with E-state index in [9.17, 15) is 4.79 Å². The molecular weight excluding hydrogens is 445 g/mol. The molecule has 0 saturated heterocycles. The highest BCUT2D eigenvalue weighted by atomic mass is 127. The summed E-state index contributed by atoms with van der Waals surface area (Å²) in [4.78, 5) is 15.4. The van der Waals surface area contributed by atoms with Crippen LogP contribution in [0.2, 0.25) is 0 Å². The van der Waals surface area contributed by atoms with Gasteiger partial charge in [-0.2, -0.15) is 0 Å². The van der Waals surface area contributed by atoms with Gasteiger partial charge in [-0.3, -0.25) is 4.79 Å². The Labute approximate surface area is 175 Å². The fourth-order valence-electron chi connectivity index (χ4n) is 3.32. The van der Waals surface area contributed by atoms with Crippen LogP contribution < -0.4 is 4.90 Å². The molecular formula is C24H24INO. The Morgan fingerprint density at radius 3 is 1.89 bits per heavy atom. The van der Waals surface area contributed by atoms with Gasteiger partial charge < -0.3 is 4.90 Å². The first-order valence-electron chi connectivity index (χ1n) is 9.08. The highest BCUT2D eigenvalue weighted by Crippen LogP contribution is 2.36. The minimum Gasteiger partial charge on any atom is -0.303 e. The molecule has 0 atom stereocenters. The number of halogens is 1. The van der Waals surface area contributed by atoms with Gasteiger partial charge in [0.15, 0.2) is 0 Å². The maximum absolute atomic E-state index is 13.5. The van der Waals surface area contributed by atoms with Crippen LogP contribution in [0.3, 0.4) is 0 Å². The number of anilines is 1. The second-order valence-corrected chi connectivity index (χ2v) is 7.98. The molecule has 27 heavy (non-hydrogen) atoms. The van der Waals surface area contributed by atoms with Gasteiger partial charge in [0, 0.05) is 9.13 Å². The van der Waals surface area contributed by atoms with E-state index in [0.717, 1.165) is 14.8 Å². The monoisotopic (exact) mass is 469 g/mol. The zero-order chi connectivity index (χ0) is 19.6. The van der Waals surface area contributed by atoms with Crippen molar-refractivity contribution in [3.8, 4) is 0 Å². The first-order chi connectivity index (χ1) is 12.9. The van der Waals surface area contributed by atoms with Crippen molar-refractivity contribution in [3.63, 3.8) is 0 Å². The first kappa shape index (κ1) is 19.6. The number of hydrogen-bond acceptors (Lipinski definition) is 1. The van der Waals surface area contributed by atoms with Gasteiger partial charge in [-0.05, 0) is 90.2 Å². The van der Waals surface area contributed by atoms with Crippen molar-refractivity contribution in [2.24, 2.45) is 0 Å². The van der Waals surface area contributed by atoms with E-state index >= 15 is 0 Å². The molecule has 0 aliphatic rings. The van der Waals surface area contributed by atoms with Crippen LogP contribution in [0.4, 0.5) is 5.69 Å². The molecule has 0 spiro atoms. The van der Waals surface area contributed by atoms with E-state index < -0.39 is 0 Å². The second-order valence-electron chi connectivity index (χ2n) is 6.91. The lowest BCUT2D eigenvalue weighted by Crippen LogP contribution is -2.32. The molecule has 1 amide bonds. The highest BCUT2D eigenvalue weighted by Gasteiger charge is 2.24. The zero-order valence-electron chi connectivity index (χ0n) is 16.2. The van der Waals surface area contributed by atoms with Crippen molar-refractivity contribution >= 4 is 34.2 Å². The molecule has 0 radical (unpaired) electrons. The summed E-state index contributed by atoms with van der Waals surface area (Å²) in [7, 11) is 0. The van der Waals surface area contributed by atoms with E-state index in [2.05, 4.69) is 62.4 Å². The molecule has 3 aromatic rings. The lowest BCUT2D eigenvalue weighted by molar-refractivity contribution is 0.0985. The smallest absolute Gasteiger partial charge is 0.258 e.